The van der Waals surface area contributed by atoms with Crippen molar-refractivity contribution >= 4 is 18.0 Å². The molecule has 0 aliphatic carbocycles. The molecule has 0 radical (unpaired) electrons. The van der Waals surface area contributed by atoms with E-state index in [2.05, 4.69) is 4.98 Å². The van der Waals surface area contributed by atoms with E-state index in [0.29, 0.717) is 33.9 Å². The molecule has 1 amide bonds. The molecule has 2 fully saturated rings. The Labute approximate surface area is 255 Å². The van der Waals surface area contributed by atoms with E-state index in [0.717, 1.165) is 31.6 Å². The predicted octanol–water partition coefficient (Wildman–Crippen LogP) is 7.27. The number of carbonyl (C=O) groups is 2. The highest BCUT2D eigenvalue weighted by atomic mass is 19.4. The maximum Gasteiger partial charge on any atom is 0.416 e. The number of hydrogen-bond acceptors (Lipinski definition) is 6. The van der Waals surface area contributed by atoms with Gasteiger partial charge in [0.2, 0.25) is 5.95 Å². The Morgan fingerprint density at radius 3 is 2.49 bits per heavy atom. The lowest BCUT2D eigenvalue weighted by atomic mass is 9.94. The number of hydrogen-bond donors (Lipinski definition) is 1. The van der Waals surface area contributed by atoms with Crippen LogP contribution in [-0.2, 0) is 17.5 Å². The van der Waals surface area contributed by atoms with Crippen molar-refractivity contribution in [2.45, 2.75) is 45.1 Å². The normalized spacial score (nSPS) is 18.1. The van der Waals surface area contributed by atoms with E-state index in [1.165, 1.54) is 35.2 Å². The molecular weight excluding hydrogens is 592 g/mol. The minimum atomic E-state index is -4.55. The first-order chi connectivity index (χ1) is 21.4. The number of carbonyl (C=O) groups excluding carboxylic acids is 1. The molecule has 0 unspecified atom stereocenters. The molecule has 2 atom stereocenters. The third-order valence-electron chi connectivity index (χ3n) is 8.29. The number of rotatable bonds is 7. The molecule has 3 heterocycles. The van der Waals surface area contributed by atoms with Gasteiger partial charge in [-0.3, -0.25) is 4.90 Å². The van der Waals surface area contributed by atoms with Gasteiger partial charge >= 0.3 is 18.2 Å². The third kappa shape index (κ3) is 5.79. The first-order valence-corrected chi connectivity index (χ1v) is 14.3. The maximum absolute atomic E-state index is 15.2. The second-order valence-electron chi connectivity index (χ2n) is 11.2. The maximum atomic E-state index is 15.2. The predicted molar refractivity (Wildman–Crippen MR) is 157 cm³/mol. The summed E-state index contributed by atoms with van der Waals surface area (Å²) in [5, 5.41) is 9.34. The first kappa shape index (κ1) is 30.0. The molecule has 12 heteroatoms. The minimum absolute atomic E-state index is 0.0345. The van der Waals surface area contributed by atoms with Gasteiger partial charge in [0.05, 0.1) is 29.4 Å². The first-order valence-electron chi connectivity index (χ1n) is 14.3. The summed E-state index contributed by atoms with van der Waals surface area (Å²) in [6.07, 6.45) is -3.59. The number of ether oxygens (including phenoxy) is 1. The largest absolute Gasteiger partial charge is 0.478 e. The molecule has 1 aromatic heterocycles. The van der Waals surface area contributed by atoms with Crippen molar-refractivity contribution in [3.8, 4) is 22.3 Å². The quantitative estimate of drug-likeness (QED) is 0.217. The highest BCUT2D eigenvalue weighted by Gasteiger charge is 2.41. The van der Waals surface area contributed by atoms with Gasteiger partial charge < -0.3 is 14.7 Å². The number of carboxylic acid groups (broad SMARTS) is 1. The van der Waals surface area contributed by atoms with E-state index in [1.54, 1.807) is 38.2 Å². The van der Waals surface area contributed by atoms with Crippen LogP contribution < -0.4 is 4.90 Å². The van der Waals surface area contributed by atoms with Crippen molar-refractivity contribution in [3.05, 3.63) is 101 Å². The van der Waals surface area contributed by atoms with Crippen LogP contribution in [0.15, 0.2) is 66.9 Å². The molecular formula is C33H28F4N4O4. The SMILES string of the molecule is Cc1cc(C(=O)O)ccc1-c1cc(-c2cnc(N3CCC3)nc2CN2C(=O)O[C@H](c3cccc(C(F)(F)F)c3)[C@@H]2C)ccc1F. The molecule has 45 heavy (non-hydrogen) atoms. The molecule has 2 aliphatic rings. The Morgan fingerprint density at radius 2 is 1.82 bits per heavy atom. The number of aromatic nitrogens is 2. The summed E-state index contributed by atoms with van der Waals surface area (Å²) < 4.78 is 60.9. The number of aromatic carboxylic acids is 1. The van der Waals surface area contributed by atoms with Gasteiger partial charge in [-0.05, 0) is 78.9 Å². The van der Waals surface area contributed by atoms with Crippen molar-refractivity contribution in [2.75, 3.05) is 18.0 Å². The van der Waals surface area contributed by atoms with Crippen LogP contribution in [0.25, 0.3) is 22.3 Å². The molecule has 0 spiro atoms. The lowest BCUT2D eigenvalue weighted by Gasteiger charge is -2.31. The number of aryl methyl sites for hydroxylation is 1. The summed E-state index contributed by atoms with van der Waals surface area (Å²) in [7, 11) is 0. The van der Waals surface area contributed by atoms with Gasteiger partial charge in [-0.2, -0.15) is 13.2 Å². The number of benzene rings is 3. The van der Waals surface area contributed by atoms with E-state index < -0.39 is 41.8 Å². The molecule has 232 valence electrons. The fourth-order valence-electron chi connectivity index (χ4n) is 5.65. The number of nitrogens with zero attached hydrogens (tertiary/aromatic N) is 4. The van der Waals surface area contributed by atoms with Gasteiger partial charge in [-0.15, -0.1) is 0 Å². The fourth-order valence-corrected chi connectivity index (χ4v) is 5.65. The van der Waals surface area contributed by atoms with Crippen LogP contribution in [0.1, 0.15) is 52.2 Å². The molecule has 3 aromatic carbocycles. The number of anilines is 1. The lowest BCUT2D eigenvalue weighted by molar-refractivity contribution is -0.137. The number of amides is 1. The van der Waals surface area contributed by atoms with Crippen LogP contribution >= 0.6 is 0 Å². The third-order valence-corrected chi connectivity index (χ3v) is 8.29. The van der Waals surface area contributed by atoms with Crippen LogP contribution in [-0.4, -0.2) is 51.2 Å². The smallest absolute Gasteiger partial charge is 0.416 e. The lowest BCUT2D eigenvalue weighted by Crippen LogP contribution is -2.39. The van der Waals surface area contributed by atoms with Crippen molar-refractivity contribution in [1.82, 2.24) is 14.9 Å². The van der Waals surface area contributed by atoms with E-state index >= 15 is 4.39 Å². The van der Waals surface area contributed by atoms with Gasteiger partial charge in [0.15, 0.2) is 0 Å². The molecule has 4 aromatic rings. The average molecular weight is 621 g/mol. The van der Waals surface area contributed by atoms with E-state index in [4.69, 9.17) is 9.72 Å². The zero-order chi connectivity index (χ0) is 32.0. The van der Waals surface area contributed by atoms with Crippen LogP contribution in [0.4, 0.5) is 28.3 Å². The van der Waals surface area contributed by atoms with Crippen LogP contribution in [0.5, 0.6) is 0 Å². The monoisotopic (exact) mass is 620 g/mol. The topological polar surface area (TPSA) is 95.9 Å². The summed E-state index contributed by atoms with van der Waals surface area (Å²) in [6.45, 7) is 4.90. The van der Waals surface area contributed by atoms with Gasteiger partial charge in [0.25, 0.3) is 0 Å². The number of alkyl halides is 3. The molecule has 8 nitrogen and oxygen atoms in total. The van der Waals surface area contributed by atoms with Crippen molar-refractivity contribution in [1.29, 1.82) is 0 Å². The molecule has 0 bridgehead atoms. The number of carboxylic acids is 1. The molecule has 1 N–H and O–H groups in total. The van der Waals surface area contributed by atoms with Crippen molar-refractivity contribution < 1.29 is 37.0 Å². The van der Waals surface area contributed by atoms with Gasteiger partial charge in [-0.25, -0.2) is 23.9 Å². The van der Waals surface area contributed by atoms with Gasteiger partial charge in [-0.1, -0.05) is 24.3 Å². The summed E-state index contributed by atoms with van der Waals surface area (Å²) in [6, 6.07) is 13.0. The zero-order valence-corrected chi connectivity index (χ0v) is 24.3. The Hall–Kier alpha value is -5.00. The second-order valence-corrected chi connectivity index (χ2v) is 11.2. The van der Waals surface area contributed by atoms with Crippen LogP contribution in [0.3, 0.4) is 0 Å². The Bertz CT molecular complexity index is 1810. The highest BCUT2D eigenvalue weighted by Crippen LogP contribution is 2.38. The van der Waals surface area contributed by atoms with Crippen LogP contribution in [0.2, 0.25) is 0 Å². The Balaban J connectivity index is 1.36. The van der Waals surface area contributed by atoms with Crippen LogP contribution in [0, 0.1) is 12.7 Å². The van der Waals surface area contributed by atoms with E-state index in [9.17, 15) is 27.9 Å². The molecule has 2 saturated heterocycles. The van der Waals surface area contributed by atoms with E-state index in [-0.39, 0.29) is 23.2 Å². The summed E-state index contributed by atoms with van der Waals surface area (Å²) in [5.41, 5.74) is 2.36. The summed E-state index contributed by atoms with van der Waals surface area (Å²) in [5.74, 6) is -1.13. The van der Waals surface area contributed by atoms with Crippen molar-refractivity contribution in [3.63, 3.8) is 0 Å². The fraction of sp³-hybridized carbons (Fsp3) is 0.273. The standard InChI is InChI=1S/C33H28F4N4O4/c1-18-13-22(30(42)43)7-9-24(18)25-15-20(8-10-27(25)34)26-16-38-31(40-11-4-12-40)39-28(26)17-41-19(2)29(45-32(41)44)21-5-3-6-23(14-21)33(35,36)37/h3,5-10,13-16,19,29H,4,11-12,17H2,1-2H3,(H,42,43)/t19-,29-/m0/s1. The van der Waals surface area contributed by atoms with Gasteiger partial charge in [0.1, 0.15) is 11.9 Å². The van der Waals surface area contributed by atoms with Gasteiger partial charge in [0, 0.05) is 30.4 Å². The number of halogens is 4. The highest BCUT2D eigenvalue weighted by molar-refractivity contribution is 5.89. The second kappa shape index (κ2) is 11.5. The average Bonchev–Trinajstić information content (AvgIpc) is 3.25. The van der Waals surface area contributed by atoms with E-state index in [1.807, 2.05) is 4.90 Å². The summed E-state index contributed by atoms with van der Waals surface area (Å²) in [4.78, 5) is 37.2. The zero-order valence-electron chi connectivity index (χ0n) is 24.3. The minimum Gasteiger partial charge on any atom is -0.478 e. The molecule has 2 aliphatic heterocycles. The molecule has 0 saturated carbocycles. The van der Waals surface area contributed by atoms with Crippen molar-refractivity contribution in [2.24, 2.45) is 0 Å². The number of cyclic esters (lactones) is 1. The Kier molecular flexibility index (Phi) is 7.67. The molecule has 6 rings (SSSR count). The summed E-state index contributed by atoms with van der Waals surface area (Å²) >= 11 is 0. The Morgan fingerprint density at radius 1 is 1.04 bits per heavy atom.